The molecule has 0 aliphatic carbocycles. The van der Waals surface area contributed by atoms with Gasteiger partial charge in [-0.15, -0.1) is 0 Å². The van der Waals surface area contributed by atoms with Crippen LogP contribution in [0.1, 0.15) is 31.2 Å². The number of ether oxygens (including phenoxy) is 1. The largest absolute Gasteiger partial charge is 0.468 e. The molecule has 32 heavy (non-hydrogen) atoms. The lowest BCUT2D eigenvalue weighted by Gasteiger charge is -2.31. The Morgan fingerprint density at radius 1 is 1.09 bits per heavy atom. The Bertz CT molecular complexity index is 837. The van der Waals surface area contributed by atoms with Crippen molar-refractivity contribution in [2.45, 2.75) is 38.3 Å². The van der Waals surface area contributed by atoms with Crippen LogP contribution in [-0.2, 0) is 16.1 Å². The van der Waals surface area contributed by atoms with Crippen LogP contribution >= 0.6 is 0 Å². The van der Waals surface area contributed by atoms with E-state index >= 15 is 0 Å². The molecule has 0 radical (unpaired) electrons. The van der Waals surface area contributed by atoms with E-state index in [0.29, 0.717) is 18.9 Å². The number of hydrogen-bond acceptors (Lipinski definition) is 6. The summed E-state index contributed by atoms with van der Waals surface area (Å²) < 4.78 is 18.8. The van der Waals surface area contributed by atoms with E-state index in [2.05, 4.69) is 10.1 Å². The average Bonchev–Trinajstić information content (AvgIpc) is 2.83. The Morgan fingerprint density at radius 2 is 1.81 bits per heavy atom. The molecule has 7 heteroatoms. The molecule has 6 nitrogen and oxygen atoms in total. The number of anilines is 1. The normalized spacial score (nSPS) is 15.4. The lowest BCUT2D eigenvalue weighted by atomic mass is 10.1. The first-order valence-electron chi connectivity index (χ1n) is 11.2. The van der Waals surface area contributed by atoms with Crippen LogP contribution in [0.3, 0.4) is 0 Å². The first kappa shape index (κ1) is 23.7. The smallest absolute Gasteiger partial charge is 0.209 e. The molecule has 1 saturated heterocycles. The first-order chi connectivity index (χ1) is 15.7. The van der Waals surface area contributed by atoms with E-state index in [1.165, 1.54) is 24.1 Å². The average molecular weight is 442 g/mol. The lowest BCUT2D eigenvalue weighted by molar-refractivity contribution is -0.122. The predicted octanol–water partition coefficient (Wildman–Crippen LogP) is 4.29. The molecule has 0 bridgehead atoms. The van der Waals surface area contributed by atoms with E-state index in [1.807, 2.05) is 36.2 Å². The summed E-state index contributed by atoms with van der Waals surface area (Å²) in [4.78, 5) is 20.8. The quantitative estimate of drug-likeness (QED) is 0.213. The van der Waals surface area contributed by atoms with Crippen molar-refractivity contribution < 1.29 is 18.8 Å². The van der Waals surface area contributed by atoms with Crippen molar-refractivity contribution in [2.24, 2.45) is 5.16 Å². The highest BCUT2D eigenvalue weighted by Gasteiger charge is 2.21. The van der Waals surface area contributed by atoms with Crippen molar-refractivity contribution in [3.05, 3.63) is 59.9 Å². The Hall–Kier alpha value is -2.93. The Labute approximate surface area is 189 Å². The Morgan fingerprint density at radius 3 is 2.50 bits per heavy atom. The molecule has 0 aromatic heterocycles. The number of aldehydes is 1. The predicted molar refractivity (Wildman–Crippen MR) is 125 cm³/mol. The lowest BCUT2D eigenvalue weighted by Crippen LogP contribution is -2.43. The van der Waals surface area contributed by atoms with E-state index in [9.17, 15) is 9.18 Å². The van der Waals surface area contributed by atoms with Gasteiger partial charge in [0.2, 0.25) is 6.23 Å². The molecule has 0 N–H and O–H groups in total. The summed E-state index contributed by atoms with van der Waals surface area (Å²) in [7, 11) is 1.93. The molecule has 1 unspecified atom stereocenters. The van der Waals surface area contributed by atoms with Gasteiger partial charge in [-0.2, -0.15) is 0 Å². The zero-order chi connectivity index (χ0) is 22.6. The van der Waals surface area contributed by atoms with Gasteiger partial charge in [0.1, 0.15) is 18.2 Å². The van der Waals surface area contributed by atoms with Gasteiger partial charge < -0.3 is 14.5 Å². The van der Waals surface area contributed by atoms with Crippen molar-refractivity contribution in [3.63, 3.8) is 0 Å². The van der Waals surface area contributed by atoms with Gasteiger partial charge in [-0.3, -0.25) is 9.69 Å². The summed E-state index contributed by atoms with van der Waals surface area (Å²) in [5, 5.41) is 4.01. The fourth-order valence-corrected chi connectivity index (χ4v) is 3.63. The molecule has 2 aromatic rings. The highest BCUT2D eigenvalue weighted by atomic mass is 19.1. The van der Waals surface area contributed by atoms with Gasteiger partial charge in [0, 0.05) is 32.0 Å². The number of carbonyl (C=O) groups is 1. The van der Waals surface area contributed by atoms with E-state index < -0.39 is 6.23 Å². The maximum absolute atomic E-state index is 13.0. The van der Waals surface area contributed by atoms with Crippen LogP contribution in [-0.4, -0.2) is 56.9 Å². The van der Waals surface area contributed by atoms with Crippen molar-refractivity contribution in [1.29, 1.82) is 0 Å². The molecule has 3 rings (SSSR count). The Kier molecular flexibility index (Phi) is 9.50. The number of oxime groups is 1. The molecule has 0 saturated carbocycles. The third-order valence-corrected chi connectivity index (χ3v) is 5.54. The second-order valence-corrected chi connectivity index (χ2v) is 7.94. The van der Waals surface area contributed by atoms with Crippen LogP contribution in [0.2, 0.25) is 0 Å². The summed E-state index contributed by atoms with van der Waals surface area (Å²) in [6, 6.07) is 14.2. The molecule has 1 aliphatic rings. The van der Waals surface area contributed by atoms with Crippen LogP contribution in [0, 0.1) is 5.82 Å². The van der Waals surface area contributed by atoms with E-state index in [4.69, 9.17) is 9.57 Å². The summed E-state index contributed by atoms with van der Waals surface area (Å²) in [6.07, 6.45) is 7.19. The van der Waals surface area contributed by atoms with Crippen LogP contribution in [0.4, 0.5) is 10.1 Å². The molecule has 1 heterocycles. The molecule has 0 spiro atoms. The summed E-state index contributed by atoms with van der Waals surface area (Å²) in [5.74, 6) is 0.464. The van der Waals surface area contributed by atoms with Gasteiger partial charge in [-0.05, 0) is 67.6 Å². The molecule has 1 aliphatic heterocycles. The van der Waals surface area contributed by atoms with E-state index in [-0.39, 0.29) is 5.82 Å². The number of carbonyl (C=O) groups excluding carboxylic acids is 1. The third kappa shape index (κ3) is 7.64. The van der Waals surface area contributed by atoms with Gasteiger partial charge in [0.25, 0.3) is 0 Å². The third-order valence-electron chi connectivity index (χ3n) is 5.54. The number of hydrogen-bond donors (Lipinski definition) is 0. The molecule has 0 amide bonds. The number of nitrogens with zero attached hydrogens (tertiary/aromatic N) is 3. The van der Waals surface area contributed by atoms with Gasteiger partial charge in [-0.25, -0.2) is 4.39 Å². The molecule has 1 fully saturated rings. The van der Waals surface area contributed by atoms with Crippen molar-refractivity contribution in [3.8, 4) is 5.75 Å². The number of halogens is 1. The second kappa shape index (κ2) is 12.8. The number of benzene rings is 2. The standard InChI is InChI=1S/C25H32FN3O3/c1-28(23-11-9-22(26)10-12-23)18-19-31-27-15-5-6-21-7-13-24(14-8-21)32-25(20-30)29-16-3-2-4-17-29/h7-15,20,25H,2-6,16-19H2,1H3. The topological polar surface area (TPSA) is 54.4 Å². The Balaban J connectivity index is 1.33. The minimum atomic E-state index is -0.507. The zero-order valence-electron chi connectivity index (χ0n) is 18.7. The van der Waals surface area contributed by atoms with Gasteiger partial charge in [-0.1, -0.05) is 23.7 Å². The highest BCUT2D eigenvalue weighted by molar-refractivity contribution is 5.57. The fraction of sp³-hybridized carbons (Fsp3) is 0.440. The molecule has 172 valence electrons. The maximum Gasteiger partial charge on any atom is 0.209 e. The number of rotatable bonds is 12. The zero-order valence-corrected chi connectivity index (χ0v) is 18.7. The monoisotopic (exact) mass is 441 g/mol. The van der Waals surface area contributed by atoms with E-state index in [0.717, 1.165) is 50.7 Å². The van der Waals surface area contributed by atoms with Crippen LogP contribution < -0.4 is 9.64 Å². The second-order valence-electron chi connectivity index (χ2n) is 7.94. The number of piperidine rings is 1. The highest BCUT2D eigenvalue weighted by Crippen LogP contribution is 2.18. The number of likely N-dealkylation sites (tertiary alicyclic amines) is 1. The van der Waals surface area contributed by atoms with Gasteiger partial charge in [0.05, 0.1) is 6.54 Å². The summed E-state index contributed by atoms with van der Waals surface area (Å²) in [6.45, 7) is 2.92. The van der Waals surface area contributed by atoms with E-state index in [1.54, 1.807) is 18.3 Å². The van der Waals surface area contributed by atoms with Crippen LogP contribution in [0.25, 0.3) is 0 Å². The van der Waals surface area contributed by atoms with Crippen molar-refractivity contribution in [2.75, 3.05) is 38.2 Å². The molecule has 1 atom stereocenters. The molecular weight excluding hydrogens is 409 g/mol. The van der Waals surface area contributed by atoms with Crippen LogP contribution in [0.15, 0.2) is 53.7 Å². The number of likely N-dealkylation sites (N-methyl/N-ethyl adjacent to an activating group) is 1. The molecular formula is C25H32FN3O3. The minimum Gasteiger partial charge on any atom is -0.468 e. The fourth-order valence-electron chi connectivity index (χ4n) is 3.63. The number of aryl methyl sites for hydroxylation is 1. The van der Waals surface area contributed by atoms with Gasteiger partial charge >= 0.3 is 0 Å². The first-order valence-corrected chi connectivity index (χ1v) is 11.2. The van der Waals surface area contributed by atoms with Crippen LogP contribution in [0.5, 0.6) is 5.75 Å². The summed E-state index contributed by atoms with van der Waals surface area (Å²) >= 11 is 0. The SMILES string of the molecule is CN(CCON=CCCc1ccc(OC(C=O)N2CCCCC2)cc1)c1ccc(F)cc1. The molecule has 2 aromatic carbocycles. The van der Waals surface area contributed by atoms with Gasteiger partial charge in [0.15, 0.2) is 6.29 Å². The van der Waals surface area contributed by atoms with Crippen molar-refractivity contribution in [1.82, 2.24) is 4.90 Å². The van der Waals surface area contributed by atoms with Crippen molar-refractivity contribution >= 4 is 18.2 Å². The minimum absolute atomic E-state index is 0.243. The summed E-state index contributed by atoms with van der Waals surface area (Å²) in [5.41, 5.74) is 2.10. The maximum atomic E-state index is 13.0.